The maximum Gasteiger partial charge on any atom is 0.573 e. The molecule has 0 saturated carbocycles. The zero-order valence-electron chi connectivity index (χ0n) is 16.5. The van der Waals surface area contributed by atoms with E-state index in [0.29, 0.717) is 16.9 Å². The van der Waals surface area contributed by atoms with Gasteiger partial charge in [0.1, 0.15) is 17.1 Å². The number of hydrogen-bond acceptors (Lipinski definition) is 5. The Morgan fingerprint density at radius 1 is 1.13 bits per heavy atom. The summed E-state index contributed by atoms with van der Waals surface area (Å²) in [4.78, 5) is 44.2. The second-order valence-electron chi connectivity index (χ2n) is 7.63. The summed E-state index contributed by atoms with van der Waals surface area (Å²) in [6.07, 6.45) is -3.22. The van der Waals surface area contributed by atoms with E-state index in [1.807, 2.05) is 0 Å². The molecular weight excluding hydrogens is 417 g/mol. The Kier molecular flexibility index (Phi) is 4.64. The minimum absolute atomic E-state index is 0.0587. The van der Waals surface area contributed by atoms with E-state index in [4.69, 9.17) is 0 Å². The standard InChI is InChI=1S/C20H17F3N4O4/c1-19(2)17(29)27(12-3-5-13(6-4-12)31-20(21,22)23)18(30)26(19)10-11-7-8-24-16-14(11)9-15(28)25-16/h3-8H,9-10H2,1-2H3,(H,24,25,28). The van der Waals surface area contributed by atoms with E-state index >= 15 is 0 Å². The van der Waals surface area contributed by atoms with Gasteiger partial charge in [-0.25, -0.2) is 14.7 Å². The summed E-state index contributed by atoms with van der Waals surface area (Å²) >= 11 is 0. The van der Waals surface area contributed by atoms with Crippen LogP contribution in [0.25, 0.3) is 0 Å². The van der Waals surface area contributed by atoms with E-state index in [2.05, 4.69) is 15.0 Å². The van der Waals surface area contributed by atoms with Crippen LogP contribution in [0.4, 0.5) is 29.5 Å². The number of anilines is 2. The first-order valence-electron chi connectivity index (χ1n) is 9.26. The van der Waals surface area contributed by atoms with E-state index in [9.17, 15) is 27.6 Å². The number of ether oxygens (including phenoxy) is 1. The smallest absolute Gasteiger partial charge is 0.406 e. The van der Waals surface area contributed by atoms with Crippen LogP contribution in [-0.4, -0.2) is 39.6 Å². The fraction of sp³-hybridized carbons (Fsp3) is 0.300. The number of alkyl halides is 3. The second kappa shape index (κ2) is 6.96. The maximum atomic E-state index is 13.1. The molecule has 11 heteroatoms. The molecule has 8 nitrogen and oxygen atoms in total. The number of rotatable bonds is 4. The van der Waals surface area contributed by atoms with Crippen molar-refractivity contribution in [3.63, 3.8) is 0 Å². The number of urea groups is 1. The quantitative estimate of drug-likeness (QED) is 0.747. The van der Waals surface area contributed by atoms with Crippen LogP contribution in [-0.2, 0) is 22.6 Å². The summed E-state index contributed by atoms with van der Waals surface area (Å²) in [6, 6.07) is 5.55. The molecule has 1 N–H and O–H groups in total. The fourth-order valence-corrected chi connectivity index (χ4v) is 3.62. The third-order valence-corrected chi connectivity index (χ3v) is 5.23. The highest BCUT2D eigenvalue weighted by Crippen LogP contribution is 2.36. The minimum Gasteiger partial charge on any atom is -0.406 e. The van der Waals surface area contributed by atoms with E-state index in [0.717, 1.165) is 17.0 Å². The molecule has 0 aliphatic carbocycles. The van der Waals surface area contributed by atoms with Crippen LogP contribution in [0.15, 0.2) is 36.5 Å². The van der Waals surface area contributed by atoms with Crippen molar-refractivity contribution in [2.24, 2.45) is 0 Å². The summed E-state index contributed by atoms with van der Waals surface area (Å²) in [5, 5.41) is 2.64. The van der Waals surface area contributed by atoms with Gasteiger partial charge in [-0.2, -0.15) is 0 Å². The average Bonchev–Trinajstić information content (AvgIpc) is 3.13. The van der Waals surface area contributed by atoms with Crippen LogP contribution in [0.3, 0.4) is 0 Å². The van der Waals surface area contributed by atoms with Gasteiger partial charge >= 0.3 is 12.4 Å². The molecule has 0 bridgehead atoms. The number of benzene rings is 1. The Bertz CT molecular complexity index is 1080. The molecule has 31 heavy (non-hydrogen) atoms. The van der Waals surface area contributed by atoms with Gasteiger partial charge in [-0.05, 0) is 49.7 Å². The Balaban J connectivity index is 1.61. The lowest BCUT2D eigenvalue weighted by Crippen LogP contribution is -2.43. The Hall–Kier alpha value is -3.63. The Labute approximate surface area is 174 Å². The number of nitrogens with zero attached hydrogens (tertiary/aromatic N) is 3. The number of hydrogen-bond donors (Lipinski definition) is 1. The average molecular weight is 434 g/mol. The van der Waals surface area contributed by atoms with Gasteiger partial charge in [0.25, 0.3) is 5.91 Å². The molecular formula is C20H17F3N4O4. The van der Waals surface area contributed by atoms with Gasteiger partial charge in [0.05, 0.1) is 12.1 Å². The summed E-state index contributed by atoms with van der Waals surface area (Å²) in [7, 11) is 0. The Morgan fingerprint density at radius 2 is 1.81 bits per heavy atom. The molecule has 2 aliphatic heterocycles. The molecule has 3 heterocycles. The fourth-order valence-electron chi connectivity index (χ4n) is 3.62. The number of carbonyl (C=O) groups excluding carboxylic acids is 3. The van der Waals surface area contributed by atoms with E-state index < -0.39 is 29.6 Å². The van der Waals surface area contributed by atoms with Crippen molar-refractivity contribution < 1.29 is 32.3 Å². The van der Waals surface area contributed by atoms with Crippen molar-refractivity contribution in [3.8, 4) is 5.75 Å². The van der Waals surface area contributed by atoms with Crippen LogP contribution in [0.1, 0.15) is 25.0 Å². The topological polar surface area (TPSA) is 91.8 Å². The molecule has 4 rings (SSSR count). The zero-order valence-corrected chi connectivity index (χ0v) is 16.5. The summed E-state index contributed by atoms with van der Waals surface area (Å²) in [5.74, 6) is -0.769. The van der Waals surface area contributed by atoms with E-state index in [1.54, 1.807) is 19.9 Å². The number of carbonyl (C=O) groups is 3. The van der Waals surface area contributed by atoms with Gasteiger partial charge < -0.3 is 15.0 Å². The van der Waals surface area contributed by atoms with E-state index in [1.165, 1.54) is 23.2 Å². The third kappa shape index (κ3) is 3.66. The third-order valence-electron chi connectivity index (χ3n) is 5.23. The molecule has 4 amide bonds. The first-order valence-corrected chi connectivity index (χ1v) is 9.26. The molecule has 0 radical (unpaired) electrons. The second-order valence-corrected chi connectivity index (χ2v) is 7.63. The van der Waals surface area contributed by atoms with Gasteiger partial charge in [0, 0.05) is 18.3 Å². The molecule has 1 saturated heterocycles. The first kappa shape index (κ1) is 20.6. The number of pyridine rings is 1. The first-order chi connectivity index (χ1) is 14.5. The van der Waals surface area contributed by atoms with Crippen molar-refractivity contribution in [3.05, 3.63) is 47.7 Å². The monoisotopic (exact) mass is 434 g/mol. The molecule has 1 aromatic carbocycles. The summed E-state index contributed by atoms with van der Waals surface area (Å²) in [6.45, 7) is 3.22. The highest BCUT2D eigenvalue weighted by molar-refractivity contribution is 6.23. The van der Waals surface area contributed by atoms with Crippen molar-refractivity contribution in [1.82, 2.24) is 9.88 Å². The van der Waals surface area contributed by atoms with Crippen LogP contribution in [0.2, 0.25) is 0 Å². The molecule has 2 aliphatic rings. The van der Waals surface area contributed by atoms with Crippen molar-refractivity contribution in [1.29, 1.82) is 0 Å². The van der Waals surface area contributed by atoms with Crippen LogP contribution in [0.5, 0.6) is 5.75 Å². The van der Waals surface area contributed by atoms with E-state index in [-0.39, 0.29) is 24.6 Å². The van der Waals surface area contributed by atoms with Crippen LogP contribution < -0.4 is 15.0 Å². The van der Waals surface area contributed by atoms with Crippen LogP contribution >= 0.6 is 0 Å². The lowest BCUT2D eigenvalue weighted by molar-refractivity contribution is -0.274. The molecule has 1 aromatic heterocycles. The number of nitrogens with one attached hydrogen (secondary N) is 1. The predicted molar refractivity (Wildman–Crippen MR) is 102 cm³/mol. The van der Waals surface area contributed by atoms with Gasteiger partial charge in [0.15, 0.2) is 0 Å². The minimum atomic E-state index is -4.85. The lowest BCUT2D eigenvalue weighted by Gasteiger charge is -2.28. The molecule has 0 atom stereocenters. The lowest BCUT2D eigenvalue weighted by atomic mass is 10.0. The summed E-state index contributed by atoms with van der Waals surface area (Å²) in [5.41, 5.74) is 0.241. The van der Waals surface area contributed by atoms with Crippen LogP contribution in [0, 0.1) is 0 Å². The molecule has 0 unspecified atom stereocenters. The highest BCUT2D eigenvalue weighted by atomic mass is 19.4. The van der Waals surface area contributed by atoms with Gasteiger partial charge in [-0.15, -0.1) is 13.2 Å². The number of imide groups is 1. The molecule has 1 fully saturated rings. The van der Waals surface area contributed by atoms with Gasteiger partial charge in [-0.3, -0.25) is 9.59 Å². The van der Waals surface area contributed by atoms with Crippen molar-refractivity contribution in [2.45, 2.75) is 38.7 Å². The predicted octanol–water partition coefficient (Wildman–Crippen LogP) is 3.22. The molecule has 2 aromatic rings. The largest absolute Gasteiger partial charge is 0.573 e. The Morgan fingerprint density at radius 3 is 2.45 bits per heavy atom. The number of amides is 4. The van der Waals surface area contributed by atoms with Gasteiger partial charge in [-0.1, -0.05) is 0 Å². The summed E-state index contributed by atoms with van der Waals surface area (Å²) < 4.78 is 40.9. The van der Waals surface area contributed by atoms with Gasteiger partial charge in [0.2, 0.25) is 5.91 Å². The zero-order chi connectivity index (χ0) is 22.6. The maximum absolute atomic E-state index is 13.1. The number of halogens is 3. The van der Waals surface area contributed by atoms with Crippen molar-refractivity contribution in [2.75, 3.05) is 10.2 Å². The molecule has 162 valence electrons. The number of aromatic nitrogens is 1. The normalized spacial score (nSPS) is 17.8. The SMILES string of the molecule is CC1(C)C(=O)N(c2ccc(OC(F)(F)F)cc2)C(=O)N1Cc1ccnc2c1CC(=O)N2. The van der Waals surface area contributed by atoms with Crippen molar-refractivity contribution >= 4 is 29.4 Å². The highest BCUT2D eigenvalue weighted by Gasteiger charge is 2.52. The number of fused-ring (bicyclic) bond motifs is 1. The molecule has 0 spiro atoms.